The van der Waals surface area contributed by atoms with Crippen molar-refractivity contribution in [3.63, 3.8) is 0 Å². The first-order chi connectivity index (χ1) is 10.6. The Balaban J connectivity index is 2.00. The minimum absolute atomic E-state index is 0.0901. The molecule has 22 heavy (non-hydrogen) atoms. The fraction of sp³-hybridized carbons (Fsp3) is 0.316. The molecule has 114 valence electrons. The summed E-state index contributed by atoms with van der Waals surface area (Å²) in [6.45, 7) is 4.83. The number of ether oxygens (including phenoxy) is 1. The van der Waals surface area contributed by atoms with E-state index in [1.807, 2.05) is 55.1 Å². The maximum Gasteiger partial charge on any atom is 0.258 e. The van der Waals surface area contributed by atoms with Crippen molar-refractivity contribution < 1.29 is 9.53 Å². The number of hydrogen-bond acceptors (Lipinski definition) is 2. The van der Waals surface area contributed by atoms with Gasteiger partial charge in [-0.3, -0.25) is 4.79 Å². The second-order valence-electron chi connectivity index (χ2n) is 5.80. The maximum atomic E-state index is 13.0. The van der Waals surface area contributed by atoms with Crippen molar-refractivity contribution in [1.82, 2.24) is 0 Å². The molecule has 1 aliphatic heterocycles. The van der Waals surface area contributed by atoms with Crippen molar-refractivity contribution in [1.29, 1.82) is 0 Å². The quantitative estimate of drug-likeness (QED) is 0.841. The second kappa shape index (κ2) is 5.84. The molecule has 0 spiro atoms. The lowest BCUT2D eigenvalue weighted by Gasteiger charge is -2.30. The average Bonchev–Trinajstić information content (AvgIpc) is 2.55. The number of anilines is 1. The molecule has 0 bridgehead atoms. The monoisotopic (exact) mass is 295 g/mol. The van der Waals surface area contributed by atoms with E-state index in [0.29, 0.717) is 0 Å². The fourth-order valence-electron chi connectivity index (χ4n) is 3.04. The maximum absolute atomic E-state index is 13.0. The summed E-state index contributed by atoms with van der Waals surface area (Å²) in [5, 5.41) is 0. The number of methoxy groups -OCH3 is 1. The summed E-state index contributed by atoms with van der Waals surface area (Å²) in [5.74, 6) is 0.937. The van der Waals surface area contributed by atoms with E-state index in [-0.39, 0.29) is 5.91 Å². The summed E-state index contributed by atoms with van der Waals surface area (Å²) in [7, 11) is 1.67. The molecule has 0 saturated carbocycles. The lowest BCUT2D eigenvalue weighted by Crippen LogP contribution is -2.35. The van der Waals surface area contributed by atoms with Crippen LogP contribution in [0.2, 0.25) is 0 Å². The number of fused-ring (bicyclic) bond motifs is 1. The Morgan fingerprint density at radius 3 is 2.77 bits per heavy atom. The number of carbonyl (C=O) groups excluding carboxylic acids is 1. The van der Waals surface area contributed by atoms with Gasteiger partial charge in [0.2, 0.25) is 0 Å². The summed E-state index contributed by atoms with van der Waals surface area (Å²) < 4.78 is 5.29. The first-order valence-corrected chi connectivity index (χ1v) is 7.67. The molecular weight excluding hydrogens is 274 g/mol. The Kier molecular flexibility index (Phi) is 3.88. The number of rotatable bonds is 2. The van der Waals surface area contributed by atoms with Crippen molar-refractivity contribution >= 4 is 11.6 Å². The highest BCUT2D eigenvalue weighted by molar-refractivity contribution is 6.07. The van der Waals surface area contributed by atoms with Crippen molar-refractivity contribution in [2.24, 2.45) is 0 Å². The lowest BCUT2D eigenvalue weighted by atomic mass is 9.98. The highest BCUT2D eigenvalue weighted by Gasteiger charge is 2.25. The predicted octanol–water partition coefficient (Wildman–Crippen LogP) is 3.91. The van der Waals surface area contributed by atoms with E-state index >= 15 is 0 Å². The predicted molar refractivity (Wildman–Crippen MR) is 88.9 cm³/mol. The minimum Gasteiger partial charge on any atom is -0.497 e. The lowest BCUT2D eigenvalue weighted by molar-refractivity contribution is 0.0984. The number of amides is 1. The normalized spacial score (nSPS) is 13.7. The SMILES string of the molecule is COc1ccc2c(c1)CCCN2C(=O)c1cccc(C)c1C. The topological polar surface area (TPSA) is 29.5 Å². The van der Waals surface area contributed by atoms with E-state index in [0.717, 1.165) is 47.5 Å². The number of benzene rings is 2. The number of hydrogen-bond donors (Lipinski definition) is 0. The molecule has 2 aromatic carbocycles. The van der Waals surface area contributed by atoms with Crippen molar-refractivity contribution in [2.75, 3.05) is 18.6 Å². The molecule has 0 aliphatic carbocycles. The molecule has 0 radical (unpaired) electrons. The van der Waals surface area contributed by atoms with Crippen LogP contribution in [0.5, 0.6) is 5.75 Å². The molecule has 1 amide bonds. The molecule has 0 aromatic heterocycles. The van der Waals surface area contributed by atoms with Crippen molar-refractivity contribution in [3.8, 4) is 5.75 Å². The van der Waals surface area contributed by atoms with Crippen LogP contribution >= 0.6 is 0 Å². The van der Waals surface area contributed by atoms with Crippen LogP contribution in [0.15, 0.2) is 36.4 Å². The molecule has 1 aliphatic rings. The largest absolute Gasteiger partial charge is 0.497 e. The Morgan fingerprint density at radius 1 is 1.18 bits per heavy atom. The minimum atomic E-state index is 0.0901. The Bertz CT molecular complexity index is 721. The first-order valence-electron chi connectivity index (χ1n) is 7.67. The van der Waals surface area contributed by atoms with Crippen LogP contribution in [0.1, 0.15) is 33.5 Å². The van der Waals surface area contributed by atoms with Gasteiger partial charge in [-0.2, -0.15) is 0 Å². The van der Waals surface area contributed by atoms with Crippen LogP contribution in [0.4, 0.5) is 5.69 Å². The molecule has 3 nitrogen and oxygen atoms in total. The second-order valence-corrected chi connectivity index (χ2v) is 5.80. The molecule has 0 N–H and O–H groups in total. The first kappa shape index (κ1) is 14.6. The molecule has 0 saturated heterocycles. The zero-order valence-corrected chi connectivity index (χ0v) is 13.3. The van der Waals surface area contributed by atoms with Gasteiger partial charge in [0, 0.05) is 17.8 Å². The van der Waals surface area contributed by atoms with Gasteiger partial charge in [-0.1, -0.05) is 12.1 Å². The summed E-state index contributed by atoms with van der Waals surface area (Å²) >= 11 is 0. The number of nitrogens with zero attached hydrogens (tertiary/aromatic N) is 1. The zero-order chi connectivity index (χ0) is 15.7. The summed E-state index contributed by atoms with van der Waals surface area (Å²) in [6.07, 6.45) is 1.97. The number of aryl methyl sites for hydroxylation is 2. The van der Waals surface area contributed by atoms with Gasteiger partial charge in [-0.15, -0.1) is 0 Å². The highest BCUT2D eigenvalue weighted by Crippen LogP contribution is 2.32. The Morgan fingerprint density at radius 2 is 2.00 bits per heavy atom. The molecule has 0 atom stereocenters. The van der Waals surface area contributed by atoms with Gasteiger partial charge >= 0.3 is 0 Å². The van der Waals surface area contributed by atoms with E-state index in [1.54, 1.807) is 7.11 Å². The van der Waals surface area contributed by atoms with E-state index in [4.69, 9.17) is 4.74 Å². The van der Waals surface area contributed by atoms with E-state index in [2.05, 4.69) is 0 Å². The van der Waals surface area contributed by atoms with Crippen LogP contribution in [0.25, 0.3) is 0 Å². The average molecular weight is 295 g/mol. The third-order valence-corrected chi connectivity index (χ3v) is 4.49. The molecular formula is C19H21NO2. The van der Waals surface area contributed by atoms with Gasteiger partial charge in [0.25, 0.3) is 5.91 Å². The van der Waals surface area contributed by atoms with Crippen LogP contribution < -0.4 is 9.64 Å². The van der Waals surface area contributed by atoms with Crippen molar-refractivity contribution in [3.05, 3.63) is 58.7 Å². The van der Waals surface area contributed by atoms with Gasteiger partial charge in [0.1, 0.15) is 5.75 Å². The fourth-order valence-corrected chi connectivity index (χ4v) is 3.04. The van der Waals surface area contributed by atoms with Gasteiger partial charge in [0.15, 0.2) is 0 Å². The highest BCUT2D eigenvalue weighted by atomic mass is 16.5. The van der Waals surface area contributed by atoms with Crippen LogP contribution in [-0.4, -0.2) is 19.6 Å². The van der Waals surface area contributed by atoms with Gasteiger partial charge in [-0.05, 0) is 67.6 Å². The molecule has 0 unspecified atom stereocenters. The Labute approximate surface area is 131 Å². The van der Waals surface area contributed by atoms with Crippen LogP contribution in [0, 0.1) is 13.8 Å². The molecule has 0 fully saturated rings. The van der Waals surface area contributed by atoms with Crippen LogP contribution in [0.3, 0.4) is 0 Å². The summed E-state index contributed by atoms with van der Waals surface area (Å²) in [5.41, 5.74) is 5.21. The van der Waals surface area contributed by atoms with Crippen molar-refractivity contribution in [2.45, 2.75) is 26.7 Å². The third-order valence-electron chi connectivity index (χ3n) is 4.49. The number of carbonyl (C=O) groups is 1. The van der Waals surface area contributed by atoms with E-state index < -0.39 is 0 Å². The van der Waals surface area contributed by atoms with Gasteiger partial charge in [-0.25, -0.2) is 0 Å². The van der Waals surface area contributed by atoms with Gasteiger partial charge in [0.05, 0.1) is 7.11 Å². The molecule has 3 heteroatoms. The van der Waals surface area contributed by atoms with Crippen LogP contribution in [-0.2, 0) is 6.42 Å². The van der Waals surface area contributed by atoms with E-state index in [9.17, 15) is 4.79 Å². The van der Waals surface area contributed by atoms with E-state index in [1.165, 1.54) is 5.56 Å². The standard InChI is InChI=1S/C19H21NO2/c1-13-6-4-8-17(14(13)2)19(21)20-11-5-7-15-12-16(22-3)9-10-18(15)20/h4,6,8-10,12H,5,7,11H2,1-3H3. The smallest absolute Gasteiger partial charge is 0.258 e. The zero-order valence-electron chi connectivity index (χ0n) is 13.3. The van der Waals surface area contributed by atoms with Gasteiger partial charge < -0.3 is 9.64 Å². The molecule has 1 heterocycles. The molecule has 2 aromatic rings. The Hall–Kier alpha value is -2.29. The molecule has 3 rings (SSSR count). The third kappa shape index (κ3) is 2.47. The summed E-state index contributed by atoms with van der Waals surface area (Å²) in [4.78, 5) is 14.9. The summed E-state index contributed by atoms with van der Waals surface area (Å²) in [6, 6.07) is 11.9.